The van der Waals surface area contributed by atoms with Crippen LogP contribution in [0.15, 0.2) is 30.3 Å². The Bertz CT molecular complexity index is 369. The quantitative estimate of drug-likeness (QED) is 0.677. The maximum absolute atomic E-state index is 12.6. The van der Waals surface area contributed by atoms with Gasteiger partial charge in [0.25, 0.3) is 0 Å². The van der Waals surface area contributed by atoms with E-state index in [0.29, 0.717) is 0 Å². The smallest absolute Gasteiger partial charge is 0.161 e. The zero-order valence-corrected chi connectivity index (χ0v) is 9.25. The molecule has 1 aromatic carbocycles. The SMILES string of the molecule is CC(C)(C)C(=O)/C=C/c1ccc(F)cc1. The molecular weight excluding hydrogens is 191 g/mol. The first-order valence-corrected chi connectivity index (χ1v) is 4.88. The van der Waals surface area contributed by atoms with E-state index in [-0.39, 0.29) is 17.0 Å². The fourth-order valence-electron chi connectivity index (χ4n) is 0.996. The normalized spacial score (nSPS) is 12.0. The number of carbonyl (C=O) groups is 1. The van der Waals surface area contributed by atoms with Crippen LogP contribution in [0.3, 0.4) is 0 Å². The van der Waals surface area contributed by atoms with Crippen LogP contribution in [0, 0.1) is 11.2 Å². The van der Waals surface area contributed by atoms with E-state index in [1.807, 2.05) is 20.8 Å². The van der Waals surface area contributed by atoms with Gasteiger partial charge in [-0.2, -0.15) is 0 Å². The Morgan fingerprint density at radius 2 is 1.73 bits per heavy atom. The molecule has 0 saturated carbocycles. The Kier molecular flexibility index (Phi) is 3.40. The molecule has 0 radical (unpaired) electrons. The van der Waals surface area contributed by atoms with E-state index >= 15 is 0 Å². The Morgan fingerprint density at radius 3 is 2.20 bits per heavy atom. The topological polar surface area (TPSA) is 17.1 Å². The molecule has 0 spiro atoms. The molecule has 0 amide bonds. The summed E-state index contributed by atoms with van der Waals surface area (Å²) in [7, 11) is 0. The lowest BCUT2D eigenvalue weighted by molar-refractivity contribution is -0.121. The Morgan fingerprint density at radius 1 is 1.20 bits per heavy atom. The second-order valence-electron chi connectivity index (χ2n) is 4.50. The van der Waals surface area contributed by atoms with Gasteiger partial charge in [0.2, 0.25) is 0 Å². The zero-order valence-electron chi connectivity index (χ0n) is 9.25. The molecule has 0 atom stereocenters. The van der Waals surface area contributed by atoms with Crippen LogP contribution in [0.4, 0.5) is 4.39 Å². The lowest BCUT2D eigenvalue weighted by Gasteiger charge is -2.12. The summed E-state index contributed by atoms with van der Waals surface area (Å²) < 4.78 is 12.6. The highest BCUT2D eigenvalue weighted by molar-refractivity contribution is 5.97. The predicted molar refractivity (Wildman–Crippen MR) is 59.9 cm³/mol. The van der Waals surface area contributed by atoms with Gasteiger partial charge in [-0.05, 0) is 23.8 Å². The molecule has 1 rings (SSSR count). The minimum absolute atomic E-state index is 0.0619. The van der Waals surface area contributed by atoms with E-state index < -0.39 is 0 Å². The van der Waals surface area contributed by atoms with E-state index in [9.17, 15) is 9.18 Å². The van der Waals surface area contributed by atoms with Crippen molar-refractivity contribution >= 4 is 11.9 Å². The Hall–Kier alpha value is -1.44. The number of halogens is 1. The van der Waals surface area contributed by atoms with E-state index in [0.717, 1.165) is 5.56 Å². The molecular formula is C13H15FO. The first-order valence-electron chi connectivity index (χ1n) is 4.88. The van der Waals surface area contributed by atoms with Gasteiger partial charge in [0.1, 0.15) is 5.82 Å². The number of ketones is 1. The van der Waals surface area contributed by atoms with Gasteiger partial charge in [-0.1, -0.05) is 39.0 Å². The summed E-state index contributed by atoms with van der Waals surface area (Å²) in [6, 6.07) is 6.03. The van der Waals surface area contributed by atoms with Gasteiger partial charge in [-0.15, -0.1) is 0 Å². The first kappa shape index (κ1) is 11.6. The molecule has 0 N–H and O–H groups in total. The highest BCUT2D eigenvalue weighted by Gasteiger charge is 2.17. The van der Waals surface area contributed by atoms with Gasteiger partial charge >= 0.3 is 0 Å². The summed E-state index contributed by atoms with van der Waals surface area (Å²) in [6.45, 7) is 5.60. The highest BCUT2D eigenvalue weighted by atomic mass is 19.1. The van der Waals surface area contributed by atoms with Gasteiger partial charge in [0.05, 0.1) is 0 Å². The predicted octanol–water partition coefficient (Wildman–Crippen LogP) is 3.45. The van der Waals surface area contributed by atoms with Crippen molar-refractivity contribution in [2.75, 3.05) is 0 Å². The number of allylic oxidation sites excluding steroid dienone is 1. The van der Waals surface area contributed by atoms with Gasteiger partial charge in [-0.3, -0.25) is 4.79 Å². The maximum Gasteiger partial charge on any atom is 0.161 e. The van der Waals surface area contributed by atoms with E-state index in [1.165, 1.54) is 18.2 Å². The van der Waals surface area contributed by atoms with Crippen LogP contribution in [0.5, 0.6) is 0 Å². The van der Waals surface area contributed by atoms with Gasteiger partial charge in [0, 0.05) is 5.41 Å². The Balaban J connectivity index is 2.74. The molecule has 0 aliphatic heterocycles. The molecule has 2 heteroatoms. The van der Waals surface area contributed by atoms with Gasteiger partial charge in [-0.25, -0.2) is 4.39 Å². The van der Waals surface area contributed by atoms with Gasteiger partial charge in [0.15, 0.2) is 5.78 Å². The molecule has 0 fully saturated rings. The maximum atomic E-state index is 12.6. The molecule has 0 aromatic heterocycles. The van der Waals surface area contributed by atoms with Crippen molar-refractivity contribution in [3.8, 4) is 0 Å². The summed E-state index contributed by atoms with van der Waals surface area (Å²) in [6.07, 6.45) is 3.24. The van der Waals surface area contributed by atoms with Crippen molar-refractivity contribution in [3.63, 3.8) is 0 Å². The third kappa shape index (κ3) is 3.66. The molecule has 80 valence electrons. The van der Waals surface area contributed by atoms with Crippen molar-refractivity contribution in [1.82, 2.24) is 0 Å². The van der Waals surface area contributed by atoms with Gasteiger partial charge < -0.3 is 0 Å². The molecule has 0 bridgehead atoms. The number of benzene rings is 1. The Labute approximate surface area is 89.6 Å². The summed E-state index contributed by atoms with van der Waals surface area (Å²) in [4.78, 5) is 11.5. The van der Waals surface area contributed by atoms with Crippen LogP contribution in [0.1, 0.15) is 26.3 Å². The molecule has 0 heterocycles. The number of hydrogen-bond donors (Lipinski definition) is 0. The van der Waals surface area contributed by atoms with Crippen LogP contribution >= 0.6 is 0 Å². The molecule has 0 unspecified atom stereocenters. The number of carbonyl (C=O) groups excluding carboxylic acids is 1. The summed E-state index contributed by atoms with van der Waals surface area (Å²) in [5.41, 5.74) is 0.463. The van der Waals surface area contributed by atoms with Crippen molar-refractivity contribution in [2.45, 2.75) is 20.8 Å². The largest absolute Gasteiger partial charge is 0.294 e. The fraction of sp³-hybridized carbons (Fsp3) is 0.308. The molecule has 1 aromatic rings. The standard InChI is InChI=1S/C13H15FO/c1-13(2,3)12(15)9-6-10-4-7-11(14)8-5-10/h4-9H,1-3H3/b9-6+. The summed E-state index contributed by atoms with van der Waals surface area (Å²) in [5, 5.41) is 0. The zero-order chi connectivity index (χ0) is 11.5. The first-order chi connectivity index (χ1) is 6.89. The van der Waals surface area contributed by atoms with E-state index in [2.05, 4.69) is 0 Å². The van der Waals surface area contributed by atoms with Crippen LogP contribution in [0.2, 0.25) is 0 Å². The van der Waals surface area contributed by atoms with E-state index in [4.69, 9.17) is 0 Å². The number of rotatable bonds is 2. The third-order valence-electron chi connectivity index (χ3n) is 2.04. The molecule has 1 nitrogen and oxygen atoms in total. The van der Waals surface area contributed by atoms with Crippen LogP contribution < -0.4 is 0 Å². The lowest BCUT2D eigenvalue weighted by Crippen LogP contribution is -2.17. The summed E-state index contributed by atoms with van der Waals surface area (Å²) >= 11 is 0. The summed E-state index contributed by atoms with van der Waals surface area (Å²) in [5.74, 6) is -0.207. The third-order valence-corrected chi connectivity index (χ3v) is 2.04. The minimum atomic E-state index is -0.365. The fourth-order valence-corrected chi connectivity index (χ4v) is 0.996. The second-order valence-corrected chi connectivity index (χ2v) is 4.50. The van der Waals surface area contributed by atoms with Crippen molar-refractivity contribution < 1.29 is 9.18 Å². The van der Waals surface area contributed by atoms with Crippen molar-refractivity contribution in [2.24, 2.45) is 5.41 Å². The monoisotopic (exact) mass is 206 g/mol. The van der Waals surface area contributed by atoms with E-state index in [1.54, 1.807) is 18.2 Å². The molecule has 15 heavy (non-hydrogen) atoms. The highest BCUT2D eigenvalue weighted by Crippen LogP contribution is 2.16. The van der Waals surface area contributed by atoms with Crippen LogP contribution in [0.25, 0.3) is 6.08 Å². The lowest BCUT2D eigenvalue weighted by atomic mass is 9.90. The molecule has 0 aliphatic rings. The van der Waals surface area contributed by atoms with Crippen molar-refractivity contribution in [1.29, 1.82) is 0 Å². The van der Waals surface area contributed by atoms with Crippen LogP contribution in [-0.4, -0.2) is 5.78 Å². The minimum Gasteiger partial charge on any atom is -0.294 e. The average Bonchev–Trinajstić information content (AvgIpc) is 2.15. The number of hydrogen-bond acceptors (Lipinski definition) is 1. The second kappa shape index (κ2) is 4.39. The van der Waals surface area contributed by atoms with Crippen molar-refractivity contribution in [3.05, 3.63) is 41.7 Å². The molecule has 0 aliphatic carbocycles. The van der Waals surface area contributed by atoms with Crippen LogP contribution in [-0.2, 0) is 4.79 Å². The average molecular weight is 206 g/mol. The molecule has 0 saturated heterocycles.